The Kier molecular flexibility index (Phi) is 4.47. The molecule has 2 N–H and O–H groups in total. The lowest BCUT2D eigenvalue weighted by Gasteiger charge is -2.13. The van der Waals surface area contributed by atoms with E-state index in [0.29, 0.717) is 11.8 Å². The van der Waals surface area contributed by atoms with E-state index < -0.39 is 0 Å². The van der Waals surface area contributed by atoms with Crippen molar-refractivity contribution in [2.24, 2.45) is 0 Å². The quantitative estimate of drug-likeness (QED) is 0.738. The molecule has 0 bridgehead atoms. The van der Waals surface area contributed by atoms with Crippen LogP contribution in [-0.4, -0.2) is 15.2 Å². The minimum absolute atomic E-state index is 0.481. The van der Waals surface area contributed by atoms with Crippen LogP contribution in [0.1, 0.15) is 18.1 Å². The number of benzene rings is 2. The van der Waals surface area contributed by atoms with Crippen molar-refractivity contribution in [3.05, 3.63) is 65.9 Å². The molecule has 3 aromatic rings. The van der Waals surface area contributed by atoms with Crippen LogP contribution in [0.4, 0.5) is 23.1 Å². The molecule has 0 aliphatic carbocycles. The third-order valence-corrected chi connectivity index (χ3v) is 3.58. The van der Waals surface area contributed by atoms with Crippen molar-refractivity contribution >= 4 is 23.1 Å². The molecule has 0 unspecified atom stereocenters. The van der Waals surface area contributed by atoms with Crippen molar-refractivity contribution in [2.75, 3.05) is 10.6 Å². The molecule has 116 valence electrons. The average molecular weight is 305 g/mol. The Bertz CT molecular complexity index is 786. The van der Waals surface area contributed by atoms with Crippen LogP contribution in [0.25, 0.3) is 0 Å². The van der Waals surface area contributed by atoms with E-state index in [1.54, 1.807) is 6.20 Å². The Morgan fingerprint density at radius 3 is 2.57 bits per heavy atom. The van der Waals surface area contributed by atoms with E-state index in [2.05, 4.69) is 57.9 Å². The maximum Gasteiger partial charge on any atom is 0.249 e. The summed E-state index contributed by atoms with van der Waals surface area (Å²) in [4.78, 5) is 4.48. The predicted molar refractivity (Wildman–Crippen MR) is 93.4 cm³/mol. The van der Waals surface area contributed by atoms with Crippen molar-refractivity contribution in [3.8, 4) is 0 Å². The highest BCUT2D eigenvalue weighted by Gasteiger charge is 2.07. The van der Waals surface area contributed by atoms with Gasteiger partial charge in [-0.05, 0) is 36.6 Å². The first kappa shape index (κ1) is 15.0. The molecule has 0 radical (unpaired) electrons. The SMILES string of the molecule is CCc1cccc(C)c1Nc1nncc(Nc2ccccc2)n1. The van der Waals surface area contributed by atoms with Gasteiger partial charge in [0.15, 0.2) is 5.82 Å². The fraction of sp³-hybridized carbons (Fsp3) is 0.167. The summed E-state index contributed by atoms with van der Waals surface area (Å²) in [6.45, 7) is 4.20. The molecule has 0 spiro atoms. The summed E-state index contributed by atoms with van der Waals surface area (Å²) in [7, 11) is 0. The lowest BCUT2D eigenvalue weighted by molar-refractivity contribution is 0.979. The van der Waals surface area contributed by atoms with Crippen molar-refractivity contribution in [2.45, 2.75) is 20.3 Å². The fourth-order valence-corrected chi connectivity index (χ4v) is 2.40. The number of anilines is 4. The van der Waals surface area contributed by atoms with Gasteiger partial charge in [0.1, 0.15) is 0 Å². The Morgan fingerprint density at radius 1 is 0.957 bits per heavy atom. The van der Waals surface area contributed by atoms with Gasteiger partial charge in [-0.25, -0.2) is 0 Å². The summed E-state index contributed by atoms with van der Waals surface area (Å²) in [5.74, 6) is 1.13. The molecule has 0 saturated carbocycles. The first-order valence-electron chi connectivity index (χ1n) is 7.63. The van der Waals surface area contributed by atoms with Crippen molar-refractivity contribution in [1.29, 1.82) is 0 Å². The minimum Gasteiger partial charge on any atom is -0.339 e. The monoisotopic (exact) mass is 305 g/mol. The highest BCUT2D eigenvalue weighted by molar-refractivity contribution is 5.64. The second-order valence-corrected chi connectivity index (χ2v) is 5.24. The van der Waals surface area contributed by atoms with Crippen LogP contribution in [0.15, 0.2) is 54.7 Å². The van der Waals surface area contributed by atoms with E-state index >= 15 is 0 Å². The topological polar surface area (TPSA) is 62.7 Å². The van der Waals surface area contributed by atoms with E-state index in [-0.39, 0.29) is 0 Å². The summed E-state index contributed by atoms with van der Waals surface area (Å²) in [5.41, 5.74) is 4.40. The minimum atomic E-state index is 0.481. The third kappa shape index (κ3) is 3.63. The predicted octanol–water partition coefficient (Wildman–Crippen LogP) is 4.23. The van der Waals surface area contributed by atoms with Crippen molar-refractivity contribution in [1.82, 2.24) is 15.2 Å². The molecule has 1 aromatic heterocycles. The molecule has 0 aliphatic rings. The number of aryl methyl sites for hydroxylation is 2. The van der Waals surface area contributed by atoms with Crippen LogP contribution >= 0.6 is 0 Å². The largest absolute Gasteiger partial charge is 0.339 e. The number of rotatable bonds is 5. The molecular formula is C18H19N5. The van der Waals surface area contributed by atoms with Crippen LogP contribution in [0.2, 0.25) is 0 Å². The van der Waals surface area contributed by atoms with Crippen LogP contribution in [0.5, 0.6) is 0 Å². The van der Waals surface area contributed by atoms with Crippen LogP contribution < -0.4 is 10.6 Å². The van der Waals surface area contributed by atoms with Crippen LogP contribution in [0, 0.1) is 6.92 Å². The molecular weight excluding hydrogens is 286 g/mol. The van der Waals surface area contributed by atoms with Crippen LogP contribution in [0.3, 0.4) is 0 Å². The zero-order valence-corrected chi connectivity index (χ0v) is 13.2. The number of nitrogens with one attached hydrogen (secondary N) is 2. The van der Waals surface area contributed by atoms with Gasteiger partial charge in [-0.1, -0.05) is 43.3 Å². The summed E-state index contributed by atoms with van der Waals surface area (Å²) in [6, 6.07) is 16.1. The molecule has 0 atom stereocenters. The lowest BCUT2D eigenvalue weighted by Crippen LogP contribution is -2.05. The van der Waals surface area contributed by atoms with Gasteiger partial charge in [0.2, 0.25) is 5.95 Å². The Labute approximate surface area is 135 Å². The smallest absolute Gasteiger partial charge is 0.249 e. The van der Waals surface area contributed by atoms with Gasteiger partial charge >= 0.3 is 0 Å². The second-order valence-electron chi connectivity index (χ2n) is 5.24. The van der Waals surface area contributed by atoms with Crippen LogP contribution in [-0.2, 0) is 6.42 Å². The lowest BCUT2D eigenvalue weighted by atomic mass is 10.1. The summed E-state index contributed by atoms with van der Waals surface area (Å²) >= 11 is 0. The number of aromatic nitrogens is 3. The zero-order valence-electron chi connectivity index (χ0n) is 13.2. The molecule has 1 heterocycles. The normalized spacial score (nSPS) is 10.3. The Balaban J connectivity index is 1.83. The van der Waals surface area contributed by atoms with Gasteiger partial charge < -0.3 is 10.6 Å². The van der Waals surface area contributed by atoms with Crippen molar-refractivity contribution in [3.63, 3.8) is 0 Å². The Morgan fingerprint density at radius 2 is 1.78 bits per heavy atom. The molecule has 3 rings (SSSR count). The summed E-state index contributed by atoms with van der Waals surface area (Å²) < 4.78 is 0. The van der Waals surface area contributed by atoms with Gasteiger partial charge in [0, 0.05) is 11.4 Å². The maximum atomic E-state index is 4.48. The molecule has 0 fully saturated rings. The van der Waals surface area contributed by atoms with E-state index in [9.17, 15) is 0 Å². The highest BCUT2D eigenvalue weighted by Crippen LogP contribution is 2.24. The van der Waals surface area contributed by atoms with Gasteiger partial charge in [-0.15, -0.1) is 5.10 Å². The molecule has 5 nitrogen and oxygen atoms in total. The first-order chi connectivity index (χ1) is 11.3. The van der Waals surface area contributed by atoms with Gasteiger partial charge in [-0.3, -0.25) is 0 Å². The standard InChI is InChI=1S/C18H19N5/c1-3-14-9-7-8-13(2)17(14)22-18-21-16(12-19-23-18)20-15-10-5-4-6-11-15/h4-12H,3H2,1-2H3,(H2,20,21,22,23). The molecule has 0 saturated heterocycles. The zero-order chi connectivity index (χ0) is 16.1. The molecule has 5 heteroatoms. The van der Waals surface area contributed by atoms with Gasteiger partial charge in [0.25, 0.3) is 0 Å². The van der Waals surface area contributed by atoms with E-state index in [1.165, 1.54) is 5.56 Å². The number of nitrogens with zero attached hydrogens (tertiary/aromatic N) is 3. The second kappa shape index (κ2) is 6.87. The number of para-hydroxylation sites is 2. The fourth-order valence-electron chi connectivity index (χ4n) is 2.40. The summed E-state index contributed by atoms with van der Waals surface area (Å²) in [5, 5.41) is 14.6. The van der Waals surface area contributed by atoms with Gasteiger partial charge in [0.05, 0.1) is 6.20 Å². The van der Waals surface area contributed by atoms with Gasteiger partial charge in [-0.2, -0.15) is 10.1 Å². The van der Waals surface area contributed by atoms with Crippen molar-refractivity contribution < 1.29 is 0 Å². The number of hydrogen-bond donors (Lipinski definition) is 2. The number of hydrogen-bond acceptors (Lipinski definition) is 5. The summed E-state index contributed by atoms with van der Waals surface area (Å²) in [6.07, 6.45) is 2.55. The maximum absolute atomic E-state index is 4.48. The first-order valence-corrected chi connectivity index (χ1v) is 7.63. The van der Waals surface area contributed by atoms with E-state index in [4.69, 9.17) is 0 Å². The average Bonchev–Trinajstić information content (AvgIpc) is 2.58. The molecule has 2 aromatic carbocycles. The molecule has 0 aliphatic heterocycles. The molecule has 0 amide bonds. The Hall–Kier alpha value is -2.95. The molecule has 23 heavy (non-hydrogen) atoms. The third-order valence-electron chi connectivity index (χ3n) is 3.58. The van der Waals surface area contributed by atoms with E-state index in [0.717, 1.165) is 23.4 Å². The highest BCUT2D eigenvalue weighted by atomic mass is 15.3. The van der Waals surface area contributed by atoms with E-state index in [1.807, 2.05) is 30.3 Å².